The highest BCUT2D eigenvalue weighted by molar-refractivity contribution is 5.84. The van der Waals surface area contributed by atoms with Crippen molar-refractivity contribution in [2.24, 2.45) is 0 Å². The van der Waals surface area contributed by atoms with Crippen molar-refractivity contribution in [1.82, 2.24) is 24.5 Å². The van der Waals surface area contributed by atoms with E-state index in [0.29, 0.717) is 30.0 Å². The molecule has 4 aromatic rings. The summed E-state index contributed by atoms with van der Waals surface area (Å²) in [5.74, 6) is 0.821. The van der Waals surface area contributed by atoms with Crippen LogP contribution >= 0.6 is 0 Å². The van der Waals surface area contributed by atoms with E-state index in [1.54, 1.807) is 19.2 Å². The monoisotopic (exact) mass is 489 g/mol. The van der Waals surface area contributed by atoms with E-state index in [9.17, 15) is 9.50 Å². The van der Waals surface area contributed by atoms with Crippen LogP contribution in [0.1, 0.15) is 57.6 Å². The number of pyridine rings is 1. The van der Waals surface area contributed by atoms with Crippen LogP contribution in [0, 0.1) is 5.82 Å². The van der Waals surface area contributed by atoms with Crippen molar-refractivity contribution in [2.45, 2.75) is 70.7 Å². The molecule has 3 N–H and O–H groups in total. The Kier molecular flexibility index (Phi) is 7.09. The highest BCUT2D eigenvalue weighted by Crippen LogP contribution is 2.33. The van der Waals surface area contributed by atoms with Crippen LogP contribution in [-0.2, 0) is 6.54 Å². The summed E-state index contributed by atoms with van der Waals surface area (Å²) in [5.41, 5.74) is 3.93. The van der Waals surface area contributed by atoms with Crippen LogP contribution in [0.4, 0.5) is 16.2 Å². The molecular formula is C27H32FN7O. The zero-order valence-corrected chi connectivity index (χ0v) is 20.7. The number of aromatic nitrogens is 5. The van der Waals surface area contributed by atoms with Crippen LogP contribution in [0.25, 0.3) is 22.4 Å². The second-order valence-electron chi connectivity index (χ2n) is 9.47. The first kappa shape index (κ1) is 24.1. The minimum atomic E-state index is -0.534. The molecule has 1 aromatic carbocycles. The zero-order valence-electron chi connectivity index (χ0n) is 20.7. The van der Waals surface area contributed by atoms with Crippen molar-refractivity contribution in [1.29, 1.82) is 0 Å². The minimum Gasteiger partial charge on any atom is -0.391 e. The molecule has 0 bridgehead atoms. The summed E-state index contributed by atoms with van der Waals surface area (Å²) in [5, 5.41) is 16.8. The Bertz CT molecular complexity index is 1320. The van der Waals surface area contributed by atoms with Gasteiger partial charge in [0.2, 0.25) is 5.95 Å². The van der Waals surface area contributed by atoms with Gasteiger partial charge in [0.1, 0.15) is 5.82 Å². The summed E-state index contributed by atoms with van der Waals surface area (Å²) in [7, 11) is 0. The number of anilines is 2. The van der Waals surface area contributed by atoms with Crippen LogP contribution in [0.15, 0.2) is 48.9 Å². The average Bonchev–Trinajstić information content (AvgIpc) is 3.56. The van der Waals surface area contributed by atoms with Gasteiger partial charge in [-0.15, -0.1) is 0 Å². The number of aliphatic hydroxyl groups excluding tert-OH is 1. The molecule has 0 amide bonds. The molecule has 0 saturated heterocycles. The molecule has 0 radical (unpaired) electrons. The molecule has 1 aliphatic rings. The van der Waals surface area contributed by atoms with E-state index < -0.39 is 6.10 Å². The first-order valence-corrected chi connectivity index (χ1v) is 12.7. The van der Waals surface area contributed by atoms with Crippen molar-refractivity contribution < 1.29 is 9.50 Å². The maximum atomic E-state index is 13.6. The minimum absolute atomic E-state index is 0.155. The lowest BCUT2D eigenvalue weighted by Gasteiger charge is -2.20. The predicted molar refractivity (Wildman–Crippen MR) is 139 cm³/mol. The third-order valence-electron chi connectivity index (χ3n) is 6.88. The smallest absolute Gasteiger partial charge is 0.227 e. The van der Waals surface area contributed by atoms with Crippen LogP contribution < -0.4 is 10.6 Å². The number of rotatable bonds is 9. The fourth-order valence-corrected chi connectivity index (χ4v) is 4.82. The van der Waals surface area contributed by atoms with Gasteiger partial charge in [-0.1, -0.05) is 38.0 Å². The van der Waals surface area contributed by atoms with Gasteiger partial charge in [0.05, 0.1) is 24.2 Å². The number of nitrogens with zero attached hydrogens (tertiary/aromatic N) is 5. The van der Waals surface area contributed by atoms with E-state index in [1.807, 2.05) is 31.5 Å². The largest absolute Gasteiger partial charge is 0.391 e. The van der Waals surface area contributed by atoms with E-state index in [2.05, 4.69) is 25.2 Å². The summed E-state index contributed by atoms with van der Waals surface area (Å²) in [6.45, 7) is 4.28. The van der Waals surface area contributed by atoms with E-state index in [-0.39, 0.29) is 11.9 Å². The maximum Gasteiger partial charge on any atom is 0.227 e. The van der Waals surface area contributed by atoms with Crippen molar-refractivity contribution in [2.75, 3.05) is 10.6 Å². The molecule has 1 aliphatic carbocycles. The number of hydrogen-bond acceptors (Lipinski definition) is 7. The number of imidazole rings is 1. The topological polar surface area (TPSA) is 101 Å². The maximum absolute atomic E-state index is 13.6. The summed E-state index contributed by atoms with van der Waals surface area (Å²) < 4.78 is 15.7. The van der Waals surface area contributed by atoms with Crippen LogP contribution in [-0.4, -0.2) is 41.8 Å². The SMILES string of the molecule is CCC(Nc1nc(NCc2ccc(-c3cccc(F)c3)nc2)c2ncn(C3CCCC3)c2n1)[C@@H](C)O. The first-order valence-electron chi connectivity index (χ1n) is 12.7. The molecule has 1 saturated carbocycles. The third-order valence-corrected chi connectivity index (χ3v) is 6.88. The lowest BCUT2D eigenvalue weighted by atomic mass is 10.1. The van der Waals surface area contributed by atoms with Gasteiger partial charge in [-0.3, -0.25) is 4.98 Å². The second kappa shape index (κ2) is 10.6. The molecule has 0 aliphatic heterocycles. The fourth-order valence-electron chi connectivity index (χ4n) is 4.82. The summed E-state index contributed by atoms with van der Waals surface area (Å²) in [4.78, 5) is 18.7. The highest BCUT2D eigenvalue weighted by Gasteiger charge is 2.23. The number of aliphatic hydroxyl groups is 1. The van der Waals surface area contributed by atoms with Crippen molar-refractivity contribution in [3.05, 3.63) is 60.3 Å². The van der Waals surface area contributed by atoms with Gasteiger partial charge in [-0.05, 0) is 49.9 Å². The molecule has 188 valence electrons. The Balaban J connectivity index is 1.41. The number of hydrogen-bond donors (Lipinski definition) is 3. The Labute approximate surface area is 210 Å². The Morgan fingerprint density at radius 1 is 1.14 bits per heavy atom. The van der Waals surface area contributed by atoms with Gasteiger partial charge in [0.15, 0.2) is 17.0 Å². The normalized spacial score (nSPS) is 15.8. The molecule has 1 unspecified atom stereocenters. The van der Waals surface area contributed by atoms with Gasteiger partial charge in [0, 0.05) is 24.3 Å². The second-order valence-corrected chi connectivity index (χ2v) is 9.47. The number of halogens is 1. The molecule has 1 fully saturated rings. The van der Waals surface area contributed by atoms with Crippen LogP contribution in [0.2, 0.25) is 0 Å². The van der Waals surface area contributed by atoms with Crippen LogP contribution in [0.5, 0.6) is 0 Å². The highest BCUT2D eigenvalue weighted by atomic mass is 19.1. The van der Waals surface area contributed by atoms with Gasteiger partial charge in [-0.25, -0.2) is 9.37 Å². The number of fused-ring (bicyclic) bond motifs is 1. The van der Waals surface area contributed by atoms with Gasteiger partial charge < -0.3 is 20.3 Å². The number of nitrogens with one attached hydrogen (secondary N) is 2. The molecular weight excluding hydrogens is 457 g/mol. The van der Waals surface area contributed by atoms with Crippen molar-refractivity contribution in [3.63, 3.8) is 0 Å². The molecule has 2 atom stereocenters. The Morgan fingerprint density at radius 2 is 1.97 bits per heavy atom. The Morgan fingerprint density at radius 3 is 2.67 bits per heavy atom. The molecule has 0 spiro atoms. The molecule has 36 heavy (non-hydrogen) atoms. The summed E-state index contributed by atoms with van der Waals surface area (Å²) in [6, 6.07) is 10.5. The lowest BCUT2D eigenvalue weighted by Crippen LogP contribution is -2.31. The lowest BCUT2D eigenvalue weighted by molar-refractivity contribution is 0.169. The van der Waals surface area contributed by atoms with Gasteiger partial charge in [0.25, 0.3) is 0 Å². The molecule has 8 nitrogen and oxygen atoms in total. The predicted octanol–water partition coefficient (Wildman–Crippen LogP) is 5.33. The Hall–Kier alpha value is -3.59. The fraction of sp³-hybridized carbons (Fsp3) is 0.407. The standard InChI is InChI=1S/C27H32FN7O/c1-3-22(17(2)36)32-27-33-25(24-26(34-27)35(16-31-24)21-9-4-5-10-21)30-15-18-11-12-23(29-14-18)19-7-6-8-20(28)13-19/h6-8,11-14,16-17,21-22,36H,3-5,9-10,15H2,1-2H3,(H2,30,32,33,34)/t17-,22?/m1/s1. The molecule has 3 heterocycles. The molecule has 9 heteroatoms. The molecule has 5 rings (SSSR count). The third kappa shape index (κ3) is 5.16. The first-order chi connectivity index (χ1) is 17.5. The van der Waals surface area contributed by atoms with Crippen LogP contribution in [0.3, 0.4) is 0 Å². The zero-order chi connectivity index (χ0) is 25.1. The van der Waals surface area contributed by atoms with E-state index >= 15 is 0 Å². The summed E-state index contributed by atoms with van der Waals surface area (Å²) in [6.07, 6.45) is 8.52. The van der Waals surface area contributed by atoms with Crippen molar-refractivity contribution in [3.8, 4) is 11.3 Å². The van der Waals surface area contributed by atoms with E-state index in [4.69, 9.17) is 9.97 Å². The van der Waals surface area contributed by atoms with Gasteiger partial charge in [-0.2, -0.15) is 9.97 Å². The van der Waals surface area contributed by atoms with Gasteiger partial charge >= 0.3 is 0 Å². The summed E-state index contributed by atoms with van der Waals surface area (Å²) >= 11 is 0. The number of benzene rings is 1. The van der Waals surface area contributed by atoms with E-state index in [1.165, 1.54) is 25.0 Å². The quantitative estimate of drug-likeness (QED) is 0.292. The average molecular weight is 490 g/mol. The van der Waals surface area contributed by atoms with E-state index in [0.717, 1.165) is 41.6 Å². The van der Waals surface area contributed by atoms with Crippen molar-refractivity contribution >= 4 is 22.9 Å². The molecule has 3 aromatic heterocycles.